The number of carbonyl (C=O) groups excluding carboxylic acids is 1. The lowest BCUT2D eigenvalue weighted by molar-refractivity contribution is -0.137. The number of nitrogens with two attached hydrogens (primary N) is 1. The van der Waals surface area contributed by atoms with Crippen LogP contribution in [0.25, 0.3) is 0 Å². The first kappa shape index (κ1) is 14.4. The van der Waals surface area contributed by atoms with Gasteiger partial charge in [-0.2, -0.15) is 0 Å². The Balaban J connectivity index is 1.91. The van der Waals surface area contributed by atoms with Gasteiger partial charge in [0, 0.05) is 19.7 Å². The molecule has 5 heteroatoms. The predicted octanol–water partition coefficient (Wildman–Crippen LogP) is 1.04. The monoisotopic (exact) mass is 290 g/mol. The van der Waals surface area contributed by atoms with E-state index < -0.39 is 5.54 Å². The van der Waals surface area contributed by atoms with E-state index in [0.29, 0.717) is 26.2 Å². The molecule has 21 heavy (non-hydrogen) atoms. The van der Waals surface area contributed by atoms with E-state index in [1.165, 1.54) is 0 Å². The second kappa shape index (κ2) is 5.66. The van der Waals surface area contributed by atoms with Gasteiger partial charge in [0.15, 0.2) is 0 Å². The summed E-state index contributed by atoms with van der Waals surface area (Å²) in [6.45, 7) is 2.65. The smallest absolute Gasteiger partial charge is 0.247 e. The summed E-state index contributed by atoms with van der Waals surface area (Å²) in [5, 5.41) is 0. The number of rotatable bonds is 2. The van der Waals surface area contributed by atoms with Crippen LogP contribution in [0, 0.1) is 0 Å². The third-order valence-corrected chi connectivity index (χ3v) is 4.49. The van der Waals surface area contributed by atoms with Crippen LogP contribution in [-0.2, 0) is 21.5 Å². The van der Waals surface area contributed by atoms with Crippen LogP contribution in [0.1, 0.15) is 24.0 Å². The van der Waals surface area contributed by atoms with Gasteiger partial charge in [-0.3, -0.25) is 4.79 Å². The Kier molecular flexibility index (Phi) is 3.87. The summed E-state index contributed by atoms with van der Waals surface area (Å²) in [5.41, 5.74) is 7.59. The molecule has 1 fully saturated rings. The first-order valence-corrected chi connectivity index (χ1v) is 7.49. The highest BCUT2D eigenvalue weighted by molar-refractivity contribution is 5.89. The van der Waals surface area contributed by atoms with Crippen LogP contribution in [0.15, 0.2) is 18.2 Å². The van der Waals surface area contributed by atoms with E-state index in [1.54, 1.807) is 7.11 Å². The van der Waals surface area contributed by atoms with Crippen molar-refractivity contribution < 1.29 is 14.3 Å². The Labute approximate surface area is 125 Å². The Morgan fingerprint density at radius 2 is 2.24 bits per heavy atom. The maximum Gasteiger partial charge on any atom is 0.247 e. The average molecular weight is 290 g/mol. The molecule has 1 atom stereocenters. The molecular weight excluding hydrogens is 268 g/mol. The summed E-state index contributed by atoms with van der Waals surface area (Å²) < 4.78 is 10.8. The number of nitrogens with zero attached hydrogens (tertiary/aromatic N) is 1. The number of benzene rings is 1. The zero-order chi connectivity index (χ0) is 14.9. The highest BCUT2D eigenvalue weighted by atomic mass is 16.5. The van der Waals surface area contributed by atoms with Gasteiger partial charge in [-0.05, 0) is 36.5 Å². The molecule has 1 aromatic rings. The number of hydrogen-bond donors (Lipinski definition) is 1. The van der Waals surface area contributed by atoms with Gasteiger partial charge in [-0.15, -0.1) is 0 Å². The lowest BCUT2D eigenvalue weighted by atomic mass is 9.91. The molecule has 0 radical (unpaired) electrons. The summed E-state index contributed by atoms with van der Waals surface area (Å²) in [6, 6.07) is 5.79. The normalized spacial score (nSPS) is 25.3. The summed E-state index contributed by atoms with van der Waals surface area (Å²) in [7, 11) is 1.65. The molecule has 0 spiro atoms. The maximum atomic E-state index is 12.9. The van der Waals surface area contributed by atoms with Crippen molar-refractivity contribution in [3.05, 3.63) is 29.3 Å². The van der Waals surface area contributed by atoms with Gasteiger partial charge in [0.1, 0.15) is 11.3 Å². The van der Waals surface area contributed by atoms with E-state index in [1.807, 2.05) is 23.1 Å². The van der Waals surface area contributed by atoms with Gasteiger partial charge >= 0.3 is 0 Å². The highest BCUT2D eigenvalue weighted by Gasteiger charge is 2.45. The van der Waals surface area contributed by atoms with E-state index in [-0.39, 0.29) is 5.91 Å². The minimum atomic E-state index is -0.922. The summed E-state index contributed by atoms with van der Waals surface area (Å²) in [6.07, 6.45) is 2.29. The molecule has 1 aliphatic heterocycles. The first-order valence-electron chi connectivity index (χ1n) is 7.49. The Hall–Kier alpha value is -1.59. The van der Waals surface area contributed by atoms with Crippen LogP contribution in [0.5, 0.6) is 5.75 Å². The minimum Gasteiger partial charge on any atom is -0.496 e. The molecule has 1 saturated heterocycles. The second-order valence-electron chi connectivity index (χ2n) is 5.72. The molecule has 1 heterocycles. The van der Waals surface area contributed by atoms with Gasteiger partial charge in [0.25, 0.3) is 0 Å². The van der Waals surface area contributed by atoms with Crippen molar-refractivity contribution in [2.45, 2.75) is 24.8 Å². The van der Waals surface area contributed by atoms with Crippen molar-refractivity contribution in [3.8, 4) is 5.75 Å². The quantitative estimate of drug-likeness (QED) is 0.884. The number of hydrogen-bond acceptors (Lipinski definition) is 4. The highest BCUT2D eigenvalue weighted by Crippen LogP contribution is 2.40. The molecule has 2 N–H and O–H groups in total. The summed E-state index contributed by atoms with van der Waals surface area (Å²) in [5.74, 6) is 0.840. The van der Waals surface area contributed by atoms with E-state index >= 15 is 0 Å². The molecule has 1 amide bonds. The lowest BCUT2D eigenvalue weighted by Gasteiger charge is -2.31. The maximum absolute atomic E-state index is 12.9. The molecule has 1 unspecified atom stereocenters. The molecule has 114 valence electrons. The van der Waals surface area contributed by atoms with Crippen LogP contribution < -0.4 is 10.5 Å². The number of fused-ring (bicyclic) bond motifs is 1. The van der Waals surface area contributed by atoms with Crippen LogP contribution in [0.4, 0.5) is 0 Å². The fourth-order valence-corrected chi connectivity index (χ4v) is 3.34. The summed E-state index contributed by atoms with van der Waals surface area (Å²) in [4.78, 5) is 14.8. The molecule has 2 aliphatic rings. The predicted molar refractivity (Wildman–Crippen MR) is 79.2 cm³/mol. The Morgan fingerprint density at radius 3 is 3.05 bits per heavy atom. The van der Waals surface area contributed by atoms with Gasteiger partial charge in [-0.25, -0.2) is 0 Å². The van der Waals surface area contributed by atoms with Crippen molar-refractivity contribution >= 4 is 5.91 Å². The van der Waals surface area contributed by atoms with E-state index in [2.05, 4.69) is 0 Å². The average Bonchev–Trinajstić information content (AvgIpc) is 2.70. The fourth-order valence-electron chi connectivity index (χ4n) is 3.34. The van der Waals surface area contributed by atoms with E-state index in [9.17, 15) is 4.79 Å². The molecular formula is C16H22N2O3. The van der Waals surface area contributed by atoms with Gasteiger partial charge in [-0.1, -0.05) is 12.1 Å². The largest absolute Gasteiger partial charge is 0.496 e. The number of ether oxygens (including phenoxy) is 2. The zero-order valence-electron chi connectivity index (χ0n) is 12.4. The van der Waals surface area contributed by atoms with E-state index in [0.717, 1.165) is 36.3 Å². The molecule has 5 nitrogen and oxygen atoms in total. The molecule has 0 saturated carbocycles. The molecule has 3 rings (SSSR count). The fraction of sp³-hybridized carbons (Fsp3) is 0.562. The van der Waals surface area contributed by atoms with Crippen molar-refractivity contribution in [1.82, 2.24) is 4.90 Å². The van der Waals surface area contributed by atoms with Crippen LogP contribution in [-0.4, -0.2) is 44.2 Å². The van der Waals surface area contributed by atoms with Crippen molar-refractivity contribution in [1.29, 1.82) is 0 Å². The standard InChI is InChI=1S/C16H22N2O3/c1-20-14-5-2-4-13-12(14)6-7-16(13,17)15(19)18-8-3-10-21-11-9-18/h2,4-5H,3,6-11,17H2,1H3. The first-order chi connectivity index (χ1) is 10.2. The Morgan fingerprint density at radius 1 is 1.38 bits per heavy atom. The molecule has 1 aliphatic carbocycles. The second-order valence-corrected chi connectivity index (χ2v) is 5.72. The summed E-state index contributed by atoms with van der Waals surface area (Å²) >= 11 is 0. The Bertz CT molecular complexity index is 538. The van der Waals surface area contributed by atoms with Crippen molar-refractivity contribution in [2.24, 2.45) is 5.73 Å². The van der Waals surface area contributed by atoms with Crippen LogP contribution >= 0.6 is 0 Å². The van der Waals surface area contributed by atoms with Crippen molar-refractivity contribution in [3.63, 3.8) is 0 Å². The van der Waals surface area contributed by atoms with E-state index in [4.69, 9.17) is 15.2 Å². The molecule has 0 bridgehead atoms. The number of carbonyl (C=O) groups is 1. The molecule has 1 aromatic carbocycles. The van der Waals surface area contributed by atoms with Crippen molar-refractivity contribution in [2.75, 3.05) is 33.4 Å². The third-order valence-electron chi connectivity index (χ3n) is 4.49. The van der Waals surface area contributed by atoms with Gasteiger partial charge < -0.3 is 20.1 Å². The van der Waals surface area contributed by atoms with Gasteiger partial charge in [0.05, 0.1) is 13.7 Å². The minimum absolute atomic E-state index is 0.0139. The number of methoxy groups -OCH3 is 1. The molecule has 0 aromatic heterocycles. The van der Waals surface area contributed by atoms with Gasteiger partial charge in [0.2, 0.25) is 5.91 Å². The third kappa shape index (κ3) is 2.40. The lowest BCUT2D eigenvalue weighted by Crippen LogP contribution is -2.52. The topological polar surface area (TPSA) is 64.8 Å². The SMILES string of the molecule is COc1cccc2c1CCC2(N)C(=O)N1CCCOCC1. The number of amides is 1. The van der Waals surface area contributed by atoms with Crippen LogP contribution in [0.2, 0.25) is 0 Å². The van der Waals surface area contributed by atoms with Crippen LogP contribution in [0.3, 0.4) is 0 Å². The zero-order valence-corrected chi connectivity index (χ0v) is 12.4.